The van der Waals surface area contributed by atoms with Crippen molar-refractivity contribution in [2.75, 3.05) is 20.8 Å². The zero-order chi connectivity index (χ0) is 16.6. The quantitative estimate of drug-likeness (QED) is 0.860. The third-order valence-electron chi connectivity index (χ3n) is 5.60. The van der Waals surface area contributed by atoms with Crippen LogP contribution in [-0.2, 0) is 9.47 Å². The van der Waals surface area contributed by atoms with E-state index in [4.69, 9.17) is 9.47 Å². The van der Waals surface area contributed by atoms with Crippen molar-refractivity contribution in [1.29, 1.82) is 0 Å². The molecule has 2 aliphatic rings. The number of benzene rings is 1. The molecule has 0 aromatic heterocycles. The molecule has 0 N–H and O–H groups in total. The summed E-state index contributed by atoms with van der Waals surface area (Å²) in [5.74, 6) is 0.123. The molecule has 0 radical (unpaired) electrons. The fourth-order valence-corrected chi connectivity index (χ4v) is 4.38. The van der Waals surface area contributed by atoms with Gasteiger partial charge in [-0.1, -0.05) is 17.2 Å². The molecule has 4 heteroatoms. The predicted molar refractivity (Wildman–Crippen MR) is 89.7 cm³/mol. The number of carbonyl (C=O) groups is 1. The summed E-state index contributed by atoms with van der Waals surface area (Å²) < 4.78 is 11.5. The van der Waals surface area contributed by atoms with Crippen molar-refractivity contribution < 1.29 is 14.3 Å². The summed E-state index contributed by atoms with van der Waals surface area (Å²) in [5, 5.41) is 0. The van der Waals surface area contributed by atoms with Crippen LogP contribution >= 0.6 is 0 Å². The van der Waals surface area contributed by atoms with Crippen molar-refractivity contribution in [3.8, 4) is 0 Å². The summed E-state index contributed by atoms with van der Waals surface area (Å²) in [5.41, 5.74) is 2.85. The first-order valence-electron chi connectivity index (χ1n) is 8.46. The number of carbonyl (C=O) groups excluding carboxylic acids is 1. The Balaban J connectivity index is 1.88. The van der Waals surface area contributed by atoms with Crippen molar-refractivity contribution in [1.82, 2.24) is 4.90 Å². The number of methoxy groups -OCH3 is 2. The summed E-state index contributed by atoms with van der Waals surface area (Å²) in [6.07, 6.45) is 3.97. The Kier molecular flexibility index (Phi) is 4.47. The zero-order valence-corrected chi connectivity index (χ0v) is 14.6. The van der Waals surface area contributed by atoms with Crippen molar-refractivity contribution in [3.05, 3.63) is 34.9 Å². The first kappa shape index (κ1) is 16.5. The maximum absolute atomic E-state index is 13.1. The van der Waals surface area contributed by atoms with Crippen LogP contribution in [0.2, 0.25) is 0 Å². The largest absolute Gasteiger partial charge is 0.381 e. The van der Waals surface area contributed by atoms with Crippen LogP contribution in [0.3, 0.4) is 0 Å². The van der Waals surface area contributed by atoms with Crippen molar-refractivity contribution in [2.24, 2.45) is 0 Å². The van der Waals surface area contributed by atoms with E-state index >= 15 is 0 Å². The minimum atomic E-state index is -0.191. The minimum Gasteiger partial charge on any atom is -0.381 e. The molecule has 1 saturated carbocycles. The fraction of sp³-hybridized carbons (Fsp3) is 0.632. The number of rotatable bonds is 3. The lowest BCUT2D eigenvalue weighted by Crippen LogP contribution is -2.53. The van der Waals surface area contributed by atoms with E-state index in [1.54, 1.807) is 14.2 Å². The molecule has 0 bridgehead atoms. The van der Waals surface area contributed by atoms with Gasteiger partial charge in [-0.05, 0) is 51.7 Å². The van der Waals surface area contributed by atoms with Gasteiger partial charge in [0.25, 0.3) is 5.91 Å². The molecule has 3 rings (SSSR count). The van der Waals surface area contributed by atoms with Crippen molar-refractivity contribution >= 4 is 5.91 Å². The van der Waals surface area contributed by atoms with Gasteiger partial charge in [-0.2, -0.15) is 0 Å². The van der Waals surface area contributed by atoms with Crippen LogP contribution in [0.25, 0.3) is 0 Å². The first-order chi connectivity index (χ1) is 11.0. The third kappa shape index (κ3) is 2.90. The van der Waals surface area contributed by atoms with Crippen LogP contribution in [0.15, 0.2) is 18.2 Å². The summed E-state index contributed by atoms with van der Waals surface area (Å²) in [6.45, 7) is 4.84. The summed E-state index contributed by atoms with van der Waals surface area (Å²) >= 11 is 0. The lowest BCUT2D eigenvalue weighted by molar-refractivity contribution is -0.0893. The number of likely N-dealkylation sites (tertiary alicyclic amines) is 1. The Morgan fingerprint density at radius 3 is 2.48 bits per heavy atom. The van der Waals surface area contributed by atoms with Gasteiger partial charge < -0.3 is 14.4 Å². The topological polar surface area (TPSA) is 38.8 Å². The Morgan fingerprint density at radius 1 is 1.17 bits per heavy atom. The predicted octanol–water partition coefficient (Wildman–Crippen LogP) is 3.10. The highest BCUT2D eigenvalue weighted by atomic mass is 16.5. The highest BCUT2D eigenvalue weighted by molar-refractivity contribution is 5.95. The van der Waals surface area contributed by atoms with Crippen LogP contribution in [0, 0.1) is 13.8 Å². The number of hydrogen-bond donors (Lipinski definition) is 0. The van der Waals surface area contributed by atoms with E-state index in [1.807, 2.05) is 30.9 Å². The Hall–Kier alpha value is -1.39. The summed E-state index contributed by atoms with van der Waals surface area (Å²) in [7, 11) is 3.54. The molecular weight excluding hydrogens is 290 g/mol. The van der Waals surface area contributed by atoms with Crippen LogP contribution in [0.5, 0.6) is 0 Å². The van der Waals surface area contributed by atoms with E-state index in [9.17, 15) is 4.79 Å². The molecule has 0 spiro atoms. The Morgan fingerprint density at radius 2 is 1.87 bits per heavy atom. The van der Waals surface area contributed by atoms with Gasteiger partial charge in [-0.25, -0.2) is 0 Å². The average molecular weight is 317 g/mol. The van der Waals surface area contributed by atoms with Crippen molar-refractivity contribution in [2.45, 2.75) is 57.3 Å². The number of aryl methyl sites for hydroxylation is 2. The van der Waals surface area contributed by atoms with Crippen LogP contribution in [0.4, 0.5) is 0 Å². The molecule has 1 heterocycles. The molecule has 1 aromatic rings. The van der Waals surface area contributed by atoms with Gasteiger partial charge in [0.05, 0.1) is 17.7 Å². The highest BCUT2D eigenvalue weighted by Crippen LogP contribution is 2.43. The molecule has 3 atom stereocenters. The van der Waals surface area contributed by atoms with E-state index in [0.29, 0.717) is 0 Å². The molecule has 126 valence electrons. The van der Waals surface area contributed by atoms with Crippen molar-refractivity contribution in [3.63, 3.8) is 0 Å². The lowest BCUT2D eigenvalue weighted by Gasteiger charge is -2.43. The molecule has 4 nitrogen and oxygen atoms in total. The molecule has 23 heavy (non-hydrogen) atoms. The molecule has 1 amide bonds. The van der Waals surface area contributed by atoms with E-state index in [0.717, 1.165) is 48.9 Å². The smallest absolute Gasteiger partial charge is 0.254 e. The Labute approximate surface area is 138 Å². The van der Waals surface area contributed by atoms with E-state index < -0.39 is 0 Å². The highest BCUT2D eigenvalue weighted by Gasteiger charge is 2.52. The Bertz CT molecular complexity index is 580. The number of fused-ring (bicyclic) bond motifs is 1. The monoisotopic (exact) mass is 317 g/mol. The minimum absolute atomic E-state index is 0.111. The van der Waals surface area contributed by atoms with Gasteiger partial charge in [-0.15, -0.1) is 0 Å². The van der Waals surface area contributed by atoms with Crippen LogP contribution in [-0.4, -0.2) is 49.3 Å². The molecule has 1 aliphatic heterocycles. The number of amides is 1. The van der Waals surface area contributed by atoms with Gasteiger partial charge in [0.2, 0.25) is 0 Å². The van der Waals surface area contributed by atoms with Gasteiger partial charge in [0.15, 0.2) is 0 Å². The number of hydrogen-bond acceptors (Lipinski definition) is 3. The standard InChI is InChI=1S/C19H27NO3/c1-13-9-14(2)11-15(10-13)18(21)20-8-7-19(23-4)6-5-16(22-3)12-17(19)20/h9-11,16-17H,5-8,12H2,1-4H3/t16-,17-,19+/m0/s1. The maximum atomic E-state index is 13.1. The van der Waals surface area contributed by atoms with E-state index in [1.165, 1.54) is 0 Å². The van der Waals surface area contributed by atoms with Gasteiger partial charge in [-0.3, -0.25) is 4.79 Å². The average Bonchev–Trinajstić information content (AvgIpc) is 2.92. The zero-order valence-electron chi connectivity index (χ0n) is 14.6. The lowest BCUT2D eigenvalue weighted by atomic mass is 9.79. The first-order valence-corrected chi connectivity index (χ1v) is 8.46. The molecule has 1 aliphatic carbocycles. The molecule has 1 saturated heterocycles. The third-order valence-corrected chi connectivity index (χ3v) is 5.60. The second kappa shape index (κ2) is 6.25. The van der Waals surface area contributed by atoms with E-state index in [-0.39, 0.29) is 23.7 Å². The van der Waals surface area contributed by atoms with Crippen LogP contribution in [0.1, 0.15) is 47.2 Å². The fourth-order valence-electron chi connectivity index (χ4n) is 4.38. The summed E-state index contributed by atoms with van der Waals surface area (Å²) in [4.78, 5) is 15.1. The maximum Gasteiger partial charge on any atom is 0.254 e. The van der Waals surface area contributed by atoms with Gasteiger partial charge in [0, 0.05) is 26.3 Å². The van der Waals surface area contributed by atoms with Gasteiger partial charge in [0.1, 0.15) is 0 Å². The molecule has 0 unspecified atom stereocenters. The van der Waals surface area contributed by atoms with Crippen LogP contribution < -0.4 is 0 Å². The SMILES string of the molecule is CO[C@H]1CC[C@@]2(OC)CCN(C(=O)c3cc(C)cc(C)c3)[C@H]2C1. The number of nitrogens with zero attached hydrogens (tertiary/aromatic N) is 1. The molecule has 1 aromatic carbocycles. The second-order valence-corrected chi connectivity index (χ2v) is 7.04. The second-order valence-electron chi connectivity index (χ2n) is 7.04. The summed E-state index contributed by atoms with van der Waals surface area (Å²) in [6, 6.07) is 6.18. The molecule has 2 fully saturated rings. The van der Waals surface area contributed by atoms with E-state index in [2.05, 4.69) is 6.07 Å². The number of ether oxygens (including phenoxy) is 2. The normalized spacial score (nSPS) is 30.3. The van der Waals surface area contributed by atoms with Gasteiger partial charge >= 0.3 is 0 Å². The molecular formula is C19H27NO3.